The second-order valence-corrected chi connectivity index (χ2v) is 12.5. The van der Waals surface area contributed by atoms with E-state index in [2.05, 4.69) is 50.6 Å². The monoisotopic (exact) mass is 626 g/mol. The van der Waals surface area contributed by atoms with Gasteiger partial charge in [0.2, 0.25) is 0 Å². The van der Waals surface area contributed by atoms with Gasteiger partial charge in [0.15, 0.2) is 5.60 Å². The first-order valence-corrected chi connectivity index (χ1v) is 16.3. The molecule has 236 valence electrons. The average Bonchev–Trinajstić information content (AvgIpc) is 3.07. The quantitative estimate of drug-likeness (QED) is 0.0699. The largest absolute Gasteiger partial charge is 0.497 e. The van der Waals surface area contributed by atoms with Crippen LogP contribution in [0, 0.1) is 11.3 Å². The van der Waals surface area contributed by atoms with E-state index in [0.717, 1.165) is 33.8 Å². The van der Waals surface area contributed by atoms with E-state index in [-0.39, 0.29) is 12.1 Å². The second kappa shape index (κ2) is 16.4. The molecule has 45 heavy (non-hydrogen) atoms. The maximum absolute atomic E-state index is 9.02. The molecule has 0 aliphatic heterocycles. The fourth-order valence-electron chi connectivity index (χ4n) is 5.27. The highest BCUT2D eigenvalue weighted by Gasteiger charge is 2.39. The van der Waals surface area contributed by atoms with Crippen molar-refractivity contribution in [1.82, 2.24) is 4.67 Å². The van der Waals surface area contributed by atoms with E-state index in [1.165, 1.54) is 0 Å². The van der Waals surface area contributed by atoms with E-state index in [1.807, 2.05) is 91.0 Å². The SMILES string of the molecule is COc1ccc(C(Oc2ccc(COP(OCCC#N)N(C(C)C)C(C)C)cc2)(c2ccccc2)c2ccc(OC)cc2)cc1. The van der Waals surface area contributed by atoms with Crippen LogP contribution in [0.2, 0.25) is 0 Å². The molecule has 0 aliphatic rings. The normalized spacial score (nSPS) is 12.3. The van der Waals surface area contributed by atoms with Gasteiger partial charge in [-0.3, -0.25) is 0 Å². The van der Waals surface area contributed by atoms with E-state index in [9.17, 15) is 0 Å². The number of rotatable bonds is 16. The highest BCUT2D eigenvalue weighted by molar-refractivity contribution is 7.44. The molecule has 0 saturated heterocycles. The first-order chi connectivity index (χ1) is 21.8. The Kier molecular flexibility index (Phi) is 12.4. The Morgan fingerprint density at radius 2 is 1.16 bits per heavy atom. The smallest absolute Gasteiger partial charge is 0.259 e. The number of nitriles is 1. The zero-order valence-electron chi connectivity index (χ0n) is 27.0. The molecule has 4 rings (SSSR count). The predicted octanol–water partition coefficient (Wildman–Crippen LogP) is 8.87. The van der Waals surface area contributed by atoms with E-state index >= 15 is 0 Å². The Hall–Kier alpha value is -3.92. The van der Waals surface area contributed by atoms with Crippen molar-refractivity contribution in [2.45, 2.75) is 58.4 Å². The molecule has 0 aromatic heterocycles. The molecule has 0 aliphatic carbocycles. The molecule has 0 heterocycles. The topological polar surface area (TPSA) is 73.2 Å². The van der Waals surface area contributed by atoms with Gasteiger partial charge in [-0.15, -0.1) is 0 Å². The zero-order valence-corrected chi connectivity index (χ0v) is 27.9. The molecule has 4 aromatic rings. The molecule has 8 heteroatoms. The molecule has 0 N–H and O–H groups in total. The van der Waals surface area contributed by atoms with Gasteiger partial charge in [0.25, 0.3) is 8.53 Å². The summed E-state index contributed by atoms with van der Waals surface area (Å²) in [5, 5.41) is 9.02. The lowest BCUT2D eigenvalue weighted by molar-refractivity contribution is 0.155. The lowest BCUT2D eigenvalue weighted by Crippen LogP contribution is -2.36. The Labute approximate surface area is 269 Å². The molecule has 0 bridgehead atoms. The molecule has 4 aromatic carbocycles. The van der Waals surface area contributed by atoms with Crippen LogP contribution in [0.25, 0.3) is 0 Å². The van der Waals surface area contributed by atoms with Crippen LogP contribution < -0.4 is 14.2 Å². The van der Waals surface area contributed by atoms with Crippen LogP contribution >= 0.6 is 8.53 Å². The van der Waals surface area contributed by atoms with Crippen LogP contribution in [-0.4, -0.2) is 37.6 Å². The third-order valence-electron chi connectivity index (χ3n) is 7.37. The molecule has 0 radical (unpaired) electrons. The highest BCUT2D eigenvalue weighted by atomic mass is 31.2. The first-order valence-electron chi connectivity index (χ1n) is 15.2. The molecule has 0 saturated carbocycles. The van der Waals surface area contributed by atoms with Crippen molar-refractivity contribution in [3.05, 3.63) is 125 Å². The molecule has 7 nitrogen and oxygen atoms in total. The van der Waals surface area contributed by atoms with Crippen LogP contribution in [-0.2, 0) is 21.3 Å². The summed E-state index contributed by atoms with van der Waals surface area (Å²) < 4.78 is 32.6. The molecule has 1 unspecified atom stereocenters. The third kappa shape index (κ3) is 8.42. The summed E-state index contributed by atoms with van der Waals surface area (Å²) in [6.45, 7) is 9.22. The van der Waals surface area contributed by atoms with Crippen molar-refractivity contribution in [3.8, 4) is 23.3 Å². The maximum atomic E-state index is 9.02. The summed E-state index contributed by atoms with van der Waals surface area (Å²) in [6, 6.07) is 36.8. The predicted molar refractivity (Wildman–Crippen MR) is 179 cm³/mol. The van der Waals surface area contributed by atoms with Gasteiger partial charge in [0.1, 0.15) is 17.2 Å². The molecule has 0 fully saturated rings. The second-order valence-electron chi connectivity index (χ2n) is 11.1. The van der Waals surface area contributed by atoms with Gasteiger partial charge in [0.05, 0.1) is 39.9 Å². The Balaban J connectivity index is 1.68. The first kappa shape index (κ1) is 34.0. The fourth-order valence-corrected chi connectivity index (χ4v) is 6.88. The van der Waals surface area contributed by atoms with Gasteiger partial charge in [-0.2, -0.15) is 5.26 Å². The van der Waals surface area contributed by atoms with Crippen molar-refractivity contribution >= 4 is 8.53 Å². The molecule has 0 spiro atoms. The Bertz CT molecular complexity index is 1430. The molecule has 1 atom stereocenters. The van der Waals surface area contributed by atoms with Crippen molar-refractivity contribution in [2.24, 2.45) is 0 Å². The minimum atomic E-state index is -1.34. The molecular formula is C37H43N2O5P. The van der Waals surface area contributed by atoms with Gasteiger partial charge >= 0.3 is 0 Å². The minimum Gasteiger partial charge on any atom is -0.497 e. The number of hydrogen-bond acceptors (Lipinski definition) is 7. The number of methoxy groups -OCH3 is 2. The van der Waals surface area contributed by atoms with Crippen LogP contribution in [0.1, 0.15) is 56.4 Å². The lowest BCUT2D eigenvalue weighted by atomic mass is 9.80. The third-order valence-corrected chi connectivity index (χ3v) is 9.43. The molecular weight excluding hydrogens is 583 g/mol. The van der Waals surface area contributed by atoms with Crippen molar-refractivity contribution < 1.29 is 23.3 Å². The number of ether oxygens (including phenoxy) is 3. The zero-order chi connectivity index (χ0) is 32.2. The van der Waals surface area contributed by atoms with Crippen molar-refractivity contribution in [3.63, 3.8) is 0 Å². The van der Waals surface area contributed by atoms with Crippen LogP contribution in [0.15, 0.2) is 103 Å². The summed E-state index contributed by atoms with van der Waals surface area (Å²) in [5.41, 5.74) is 2.92. The standard InChI is InChI=1S/C37H43N2O5P/c1-28(2)39(29(3)4)45(42-26-10-25-38)43-27-30-13-19-36(20-14-30)44-37(31-11-8-7-9-12-31,32-15-21-34(40-5)22-16-32)33-17-23-35(41-6)24-18-33/h7-9,11-24,28-29H,10,26-27H2,1-6H3. The summed E-state index contributed by atoms with van der Waals surface area (Å²) in [6.07, 6.45) is 0.323. The van der Waals surface area contributed by atoms with Gasteiger partial charge in [-0.05, 0) is 69.7 Å². The number of benzene rings is 4. The fraction of sp³-hybridized carbons (Fsp3) is 0.324. The van der Waals surface area contributed by atoms with Gasteiger partial charge in [-0.1, -0.05) is 66.7 Å². The van der Waals surface area contributed by atoms with Crippen molar-refractivity contribution in [1.29, 1.82) is 5.26 Å². The van der Waals surface area contributed by atoms with Gasteiger partial charge < -0.3 is 23.3 Å². The van der Waals surface area contributed by atoms with Crippen molar-refractivity contribution in [2.75, 3.05) is 20.8 Å². The average molecular weight is 627 g/mol. The van der Waals surface area contributed by atoms with Gasteiger partial charge in [0, 0.05) is 28.8 Å². The van der Waals surface area contributed by atoms with E-state index in [1.54, 1.807) is 14.2 Å². The van der Waals surface area contributed by atoms with Gasteiger partial charge in [-0.25, -0.2) is 4.67 Å². The Morgan fingerprint density at radius 3 is 1.62 bits per heavy atom. The summed E-state index contributed by atoms with van der Waals surface area (Å²) in [7, 11) is 1.99. The summed E-state index contributed by atoms with van der Waals surface area (Å²) >= 11 is 0. The lowest BCUT2D eigenvalue weighted by Gasteiger charge is -2.36. The van der Waals surface area contributed by atoms with E-state index in [4.69, 9.17) is 28.5 Å². The molecule has 0 amide bonds. The summed E-state index contributed by atoms with van der Waals surface area (Å²) in [4.78, 5) is 0. The highest BCUT2D eigenvalue weighted by Crippen LogP contribution is 2.47. The van der Waals surface area contributed by atoms with Crippen LogP contribution in [0.4, 0.5) is 0 Å². The maximum Gasteiger partial charge on any atom is 0.259 e. The number of nitrogens with zero attached hydrogens (tertiary/aromatic N) is 2. The van der Waals surface area contributed by atoms with Crippen LogP contribution in [0.3, 0.4) is 0 Å². The van der Waals surface area contributed by atoms with E-state index < -0.39 is 14.1 Å². The summed E-state index contributed by atoms with van der Waals surface area (Å²) in [5.74, 6) is 2.24. The van der Waals surface area contributed by atoms with Crippen LogP contribution in [0.5, 0.6) is 17.2 Å². The van der Waals surface area contributed by atoms with E-state index in [0.29, 0.717) is 25.4 Å². The number of hydrogen-bond donors (Lipinski definition) is 0. The Morgan fingerprint density at radius 1 is 0.667 bits per heavy atom. The minimum absolute atomic E-state index is 0.232.